The number of ether oxygens (including phenoxy) is 1. The van der Waals surface area contributed by atoms with E-state index in [2.05, 4.69) is 5.32 Å². The van der Waals surface area contributed by atoms with Crippen molar-refractivity contribution in [3.05, 3.63) is 52.3 Å². The maximum atomic E-state index is 12.9. The Morgan fingerprint density at radius 2 is 1.95 bits per heavy atom. The molecule has 3 N–H and O–H groups in total. The Morgan fingerprint density at radius 3 is 2.62 bits per heavy atom. The van der Waals surface area contributed by atoms with Crippen LogP contribution in [0.1, 0.15) is 0 Å². The average molecular weight is 329 g/mol. The average Bonchev–Trinajstić information content (AvgIpc) is 2.43. The molecule has 0 spiro atoms. The number of nitrogen functional groups attached to an aromatic ring is 1. The summed E-state index contributed by atoms with van der Waals surface area (Å²) in [4.78, 5) is 11.7. The van der Waals surface area contributed by atoms with E-state index >= 15 is 0 Å². The van der Waals surface area contributed by atoms with Crippen LogP contribution in [0, 0.1) is 5.82 Å². The van der Waals surface area contributed by atoms with Crippen molar-refractivity contribution in [2.75, 3.05) is 17.7 Å². The molecular weight excluding hydrogens is 318 g/mol. The van der Waals surface area contributed by atoms with Gasteiger partial charge in [0, 0.05) is 6.07 Å². The van der Waals surface area contributed by atoms with Gasteiger partial charge in [0.25, 0.3) is 5.91 Å². The highest BCUT2D eigenvalue weighted by Gasteiger charge is 2.08. The molecule has 2 aromatic carbocycles. The van der Waals surface area contributed by atoms with Gasteiger partial charge in [0.15, 0.2) is 6.61 Å². The SMILES string of the molecule is Nc1cc(F)ccc1NC(=O)COc1ccc(Cl)c(Cl)c1. The lowest BCUT2D eigenvalue weighted by atomic mass is 10.2. The predicted octanol–water partition coefficient (Wildman–Crippen LogP) is 3.73. The van der Waals surface area contributed by atoms with Crippen molar-refractivity contribution >= 4 is 40.5 Å². The highest BCUT2D eigenvalue weighted by molar-refractivity contribution is 6.42. The molecule has 0 bridgehead atoms. The van der Waals surface area contributed by atoms with Crippen molar-refractivity contribution in [3.63, 3.8) is 0 Å². The summed E-state index contributed by atoms with van der Waals surface area (Å²) in [5, 5.41) is 3.25. The van der Waals surface area contributed by atoms with Crippen LogP contribution in [0.25, 0.3) is 0 Å². The third-order valence-corrected chi connectivity index (χ3v) is 3.29. The number of anilines is 2. The van der Waals surface area contributed by atoms with E-state index in [0.717, 1.165) is 6.07 Å². The van der Waals surface area contributed by atoms with Gasteiger partial charge in [-0.1, -0.05) is 23.2 Å². The molecule has 1 amide bonds. The maximum Gasteiger partial charge on any atom is 0.262 e. The zero-order valence-corrected chi connectivity index (χ0v) is 12.2. The number of carbonyl (C=O) groups excluding carboxylic acids is 1. The first-order valence-electron chi connectivity index (χ1n) is 5.88. The molecule has 2 rings (SSSR count). The second-order valence-corrected chi connectivity index (χ2v) is 4.96. The fraction of sp³-hybridized carbons (Fsp3) is 0.0714. The summed E-state index contributed by atoms with van der Waals surface area (Å²) in [6.07, 6.45) is 0. The van der Waals surface area contributed by atoms with Gasteiger partial charge in [-0.3, -0.25) is 4.79 Å². The number of rotatable bonds is 4. The highest BCUT2D eigenvalue weighted by atomic mass is 35.5. The number of hydrogen-bond acceptors (Lipinski definition) is 3. The first kappa shape index (κ1) is 15.4. The molecule has 0 saturated heterocycles. The minimum absolute atomic E-state index is 0.137. The Hall–Kier alpha value is -1.98. The van der Waals surface area contributed by atoms with Crippen molar-refractivity contribution in [2.24, 2.45) is 0 Å². The number of benzene rings is 2. The third-order valence-electron chi connectivity index (χ3n) is 2.55. The number of nitrogens with two attached hydrogens (primary N) is 1. The molecule has 0 atom stereocenters. The lowest BCUT2D eigenvalue weighted by Gasteiger charge is -2.10. The lowest BCUT2D eigenvalue weighted by molar-refractivity contribution is -0.118. The summed E-state index contributed by atoms with van der Waals surface area (Å²) in [5.74, 6) is -0.497. The molecule has 0 aliphatic heterocycles. The Morgan fingerprint density at radius 1 is 1.19 bits per heavy atom. The number of amides is 1. The smallest absolute Gasteiger partial charge is 0.262 e. The fourth-order valence-corrected chi connectivity index (χ4v) is 1.84. The van der Waals surface area contributed by atoms with Crippen molar-refractivity contribution in [3.8, 4) is 5.75 Å². The van der Waals surface area contributed by atoms with Crippen molar-refractivity contribution < 1.29 is 13.9 Å². The lowest BCUT2D eigenvalue weighted by Crippen LogP contribution is -2.20. The molecule has 110 valence electrons. The monoisotopic (exact) mass is 328 g/mol. The molecule has 7 heteroatoms. The van der Waals surface area contributed by atoms with E-state index in [-0.39, 0.29) is 12.3 Å². The number of nitrogens with one attached hydrogen (secondary N) is 1. The highest BCUT2D eigenvalue weighted by Crippen LogP contribution is 2.26. The van der Waals surface area contributed by atoms with E-state index in [4.69, 9.17) is 33.7 Å². The Kier molecular flexibility index (Phi) is 4.88. The van der Waals surface area contributed by atoms with Gasteiger partial charge in [0.1, 0.15) is 11.6 Å². The van der Waals surface area contributed by atoms with Gasteiger partial charge in [-0.25, -0.2) is 4.39 Å². The van der Waals surface area contributed by atoms with Gasteiger partial charge in [0.2, 0.25) is 0 Å². The second-order valence-electron chi connectivity index (χ2n) is 4.14. The summed E-state index contributed by atoms with van der Waals surface area (Å²) in [6, 6.07) is 8.36. The molecule has 0 aliphatic carbocycles. The quantitative estimate of drug-likeness (QED) is 0.840. The first-order valence-corrected chi connectivity index (χ1v) is 6.64. The van der Waals surface area contributed by atoms with E-state index in [9.17, 15) is 9.18 Å². The van der Waals surface area contributed by atoms with Gasteiger partial charge in [-0.2, -0.15) is 0 Å². The standard InChI is InChI=1S/C14H11Cl2FN2O2/c15-10-3-2-9(6-11(10)16)21-7-14(20)19-13-4-1-8(17)5-12(13)18/h1-6H,7,18H2,(H,19,20). The van der Waals surface area contributed by atoms with Crippen molar-refractivity contribution in [1.82, 2.24) is 0 Å². The van der Waals surface area contributed by atoms with E-state index in [1.54, 1.807) is 12.1 Å². The van der Waals surface area contributed by atoms with Crippen LogP contribution in [0.15, 0.2) is 36.4 Å². The molecule has 0 saturated carbocycles. The molecule has 21 heavy (non-hydrogen) atoms. The molecule has 2 aromatic rings. The zero-order valence-electron chi connectivity index (χ0n) is 10.7. The predicted molar refractivity (Wildman–Crippen MR) is 81.4 cm³/mol. The molecular formula is C14H11Cl2FN2O2. The Labute approximate surface area is 130 Å². The van der Waals surface area contributed by atoms with E-state index in [0.29, 0.717) is 21.5 Å². The van der Waals surface area contributed by atoms with Gasteiger partial charge >= 0.3 is 0 Å². The van der Waals surface area contributed by atoms with Gasteiger partial charge in [-0.05, 0) is 30.3 Å². The van der Waals surface area contributed by atoms with Gasteiger partial charge in [0.05, 0.1) is 21.4 Å². The van der Waals surface area contributed by atoms with Crippen LogP contribution in [-0.2, 0) is 4.79 Å². The summed E-state index contributed by atoms with van der Waals surface area (Å²) in [5.41, 5.74) is 6.04. The fourth-order valence-electron chi connectivity index (χ4n) is 1.55. The molecule has 4 nitrogen and oxygen atoms in total. The largest absolute Gasteiger partial charge is 0.484 e. The molecule has 0 aromatic heterocycles. The summed E-state index contributed by atoms with van der Waals surface area (Å²) in [6.45, 7) is -0.241. The minimum Gasteiger partial charge on any atom is -0.484 e. The van der Waals surface area contributed by atoms with Crippen LogP contribution in [0.5, 0.6) is 5.75 Å². The van der Waals surface area contributed by atoms with Gasteiger partial charge < -0.3 is 15.8 Å². The summed E-state index contributed by atoms with van der Waals surface area (Å²) in [7, 11) is 0. The summed E-state index contributed by atoms with van der Waals surface area (Å²) < 4.78 is 18.2. The normalized spacial score (nSPS) is 10.2. The van der Waals surface area contributed by atoms with Crippen molar-refractivity contribution in [1.29, 1.82) is 0 Å². The van der Waals surface area contributed by atoms with Gasteiger partial charge in [-0.15, -0.1) is 0 Å². The topological polar surface area (TPSA) is 64.3 Å². The van der Waals surface area contributed by atoms with Crippen molar-refractivity contribution in [2.45, 2.75) is 0 Å². The van der Waals surface area contributed by atoms with Crippen LogP contribution in [0.3, 0.4) is 0 Å². The zero-order chi connectivity index (χ0) is 15.4. The molecule has 0 aliphatic rings. The number of carbonyl (C=O) groups is 1. The molecule has 0 fully saturated rings. The number of halogens is 3. The van der Waals surface area contributed by atoms with Crippen LogP contribution in [-0.4, -0.2) is 12.5 Å². The third kappa shape index (κ3) is 4.24. The van der Waals surface area contributed by atoms with Crippen LogP contribution in [0.2, 0.25) is 10.0 Å². The maximum absolute atomic E-state index is 12.9. The Bertz CT molecular complexity index is 680. The molecule has 0 radical (unpaired) electrons. The molecule has 0 heterocycles. The summed E-state index contributed by atoms with van der Waals surface area (Å²) >= 11 is 11.6. The molecule has 0 unspecified atom stereocenters. The second kappa shape index (κ2) is 6.65. The Balaban J connectivity index is 1.94. The first-order chi connectivity index (χ1) is 9.95. The van der Waals surface area contributed by atoms with E-state index < -0.39 is 11.7 Å². The van der Waals surface area contributed by atoms with Crippen LogP contribution < -0.4 is 15.8 Å². The van der Waals surface area contributed by atoms with Crippen LogP contribution >= 0.6 is 23.2 Å². The number of hydrogen-bond donors (Lipinski definition) is 2. The van der Waals surface area contributed by atoms with E-state index in [1.807, 2.05) is 0 Å². The van der Waals surface area contributed by atoms with Crippen LogP contribution in [0.4, 0.5) is 15.8 Å². The van der Waals surface area contributed by atoms with E-state index in [1.165, 1.54) is 18.2 Å². The minimum atomic E-state index is -0.474.